The first-order valence-electron chi connectivity index (χ1n) is 14.7. The summed E-state index contributed by atoms with van der Waals surface area (Å²) in [6, 6.07) is 4.43. The van der Waals surface area contributed by atoms with E-state index in [2.05, 4.69) is 10.1 Å². The Kier molecular flexibility index (Phi) is 8.85. The minimum absolute atomic E-state index is 0.207. The van der Waals surface area contributed by atoms with Gasteiger partial charge in [-0.1, -0.05) is 30.3 Å². The average molecular weight is 693 g/mol. The summed E-state index contributed by atoms with van der Waals surface area (Å²) in [5.74, 6) is -4.01. The van der Waals surface area contributed by atoms with Gasteiger partial charge in [0.05, 0.1) is 18.3 Å². The number of fused-ring (bicyclic) bond motifs is 2. The first-order chi connectivity index (χ1) is 22.0. The number of methoxy groups -OCH3 is 1. The highest BCUT2D eigenvalue weighted by molar-refractivity contribution is 8.01. The van der Waals surface area contributed by atoms with Gasteiger partial charge in [-0.2, -0.15) is 0 Å². The second kappa shape index (κ2) is 12.2. The van der Waals surface area contributed by atoms with Crippen molar-refractivity contribution < 1.29 is 51.4 Å². The van der Waals surface area contributed by atoms with E-state index in [-0.39, 0.29) is 6.42 Å². The van der Waals surface area contributed by atoms with E-state index in [9.17, 15) is 37.2 Å². The molecule has 0 saturated carbocycles. The number of ether oxygens (including phenoxy) is 3. The van der Waals surface area contributed by atoms with E-state index in [4.69, 9.17) is 9.47 Å². The Hall–Kier alpha value is -4.12. The van der Waals surface area contributed by atoms with Crippen LogP contribution in [0.1, 0.15) is 45.7 Å². The summed E-state index contributed by atoms with van der Waals surface area (Å²) in [6.45, 7) is 5.30. The van der Waals surface area contributed by atoms with Crippen LogP contribution in [0.3, 0.4) is 0 Å². The first kappa shape index (κ1) is 34.2. The van der Waals surface area contributed by atoms with E-state index < -0.39 is 96.7 Å². The maximum absolute atomic E-state index is 13.6. The lowest BCUT2D eigenvalue weighted by Crippen LogP contribution is -2.71. The van der Waals surface area contributed by atoms with Crippen LogP contribution in [-0.4, -0.2) is 118 Å². The van der Waals surface area contributed by atoms with Gasteiger partial charge in [0.25, 0.3) is 0 Å². The van der Waals surface area contributed by atoms with Gasteiger partial charge in [-0.15, -0.1) is 11.8 Å². The topological polar surface area (TPSA) is 186 Å². The van der Waals surface area contributed by atoms with E-state index in [0.29, 0.717) is 5.56 Å². The molecule has 3 amide bonds. The predicted molar refractivity (Wildman–Crippen MR) is 165 cm³/mol. The Morgan fingerprint density at radius 3 is 2.26 bits per heavy atom. The van der Waals surface area contributed by atoms with Crippen LogP contribution in [0.2, 0.25) is 0 Å². The maximum atomic E-state index is 13.6. The molecule has 0 bridgehead atoms. The lowest BCUT2D eigenvalue weighted by molar-refractivity contribution is -0.181. The molecule has 1 unspecified atom stereocenters. The zero-order chi connectivity index (χ0) is 34.6. The third kappa shape index (κ3) is 5.62. The van der Waals surface area contributed by atoms with E-state index in [1.807, 2.05) is 0 Å². The van der Waals surface area contributed by atoms with Gasteiger partial charge in [-0.3, -0.25) is 14.4 Å². The monoisotopic (exact) mass is 692 g/mol. The summed E-state index contributed by atoms with van der Waals surface area (Å²) in [7, 11) is -0.995. The number of nitrogens with zero attached hydrogens (tertiary/aromatic N) is 3. The molecule has 0 radical (unpaired) electrons. The highest BCUT2D eigenvalue weighted by Crippen LogP contribution is 2.51. The number of esters is 3. The van der Waals surface area contributed by atoms with Crippen molar-refractivity contribution in [1.29, 1.82) is 0 Å². The fourth-order valence-corrected chi connectivity index (χ4v) is 10.2. The number of carbonyl (C=O) groups excluding carboxylic acids is 6. The highest BCUT2D eigenvalue weighted by Gasteiger charge is 2.68. The Bertz CT molecular complexity index is 1650. The van der Waals surface area contributed by atoms with Gasteiger partial charge in [0.1, 0.15) is 34.9 Å². The Morgan fingerprint density at radius 1 is 1.04 bits per heavy atom. The number of likely N-dealkylation sites (N-methyl/N-ethyl adjacent to an activating group) is 1. The molecule has 0 aliphatic carbocycles. The SMILES string of the molecule is COC(=O)C=CN(C)C(C(=O)N[C@@H]1C(=O)N2[C@@H]1SC(C)(C)[C@@H]2C(=O)OCOC(=O)[C@@H]1N2C(=O)C[C@H]2S(=O)(=O)C1(C)C)c1ccccc1. The molecule has 4 aliphatic heterocycles. The third-order valence-corrected chi connectivity index (χ3v) is 13.4. The van der Waals surface area contributed by atoms with E-state index in [1.54, 1.807) is 51.2 Å². The van der Waals surface area contributed by atoms with Crippen molar-refractivity contribution in [1.82, 2.24) is 20.0 Å². The molecule has 17 heteroatoms. The predicted octanol–water partition coefficient (Wildman–Crippen LogP) is 0.0712. The van der Waals surface area contributed by atoms with Crippen LogP contribution in [0.4, 0.5) is 0 Å². The number of hydrogen-bond acceptors (Lipinski definition) is 13. The molecule has 15 nitrogen and oxygen atoms in total. The van der Waals surface area contributed by atoms with Crippen LogP contribution < -0.4 is 5.32 Å². The van der Waals surface area contributed by atoms with Crippen LogP contribution in [0.15, 0.2) is 42.6 Å². The molecule has 1 aromatic carbocycles. The molecule has 5 rings (SSSR count). The zero-order valence-corrected chi connectivity index (χ0v) is 28.2. The van der Waals surface area contributed by atoms with Crippen molar-refractivity contribution in [3.8, 4) is 0 Å². The second-order valence-corrected chi connectivity index (χ2v) is 17.1. The number of hydrogen-bond donors (Lipinski definition) is 1. The molecule has 4 saturated heterocycles. The largest absolute Gasteiger partial charge is 0.466 e. The molecule has 0 aromatic heterocycles. The Morgan fingerprint density at radius 2 is 1.66 bits per heavy atom. The number of benzene rings is 1. The summed E-state index contributed by atoms with van der Waals surface area (Å²) in [4.78, 5) is 80.7. The minimum Gasteiger partial charge on any atom is -0.466 e. The summed E-state index contributed by atoms with van der Waals surface area (Å²) in [6.07, 6.45) is 2.36. The molecule has 1 aromatic rings. The normalized spacial score (nSPS) is 28.3. The summed E-state index contributed by atoms with van der Waals surface area (Å²) in [5.41, 5.74) is 0.605. The number of nitrogens with one attached hydrogen (secondary N) is 1. The quantitative estimate of drug-likeness (QED) is 0.150. The number of sulfone groups is 1. The Labute approximate surface area is 275 Å². The van der Waals surface area contributed by atoms with Crippen molar-refractivity contribution in [2.45, 2.75) is 78.5 Å². The van der Waals surface area contributed by atoms with Crippen LogP contribution in [0.25, 0.3) is 0 Å². The van der Waals surface area contributed by atoms with Gasteiger partial charge < -0.3 is 34.2 Å². The van der Waals surface area contributed by atoms with Crippen LogP contribution >= 0.6 is 11.8 Å². The molecule has 254 valence electrons. The second-order valence-electron chi connectivity index (χ2n) is 12.6. The third-order valence-electron chi connectivity index (χ3n) is 8.98. The average Bonchev–Trinajstić information content (AvgIpc) is 3.33. The van der Waals surface area contributed by atoms with Crippen LogP contribution in [0.5, 0.6) is 0 Å². The van der Waals surface area contributed by atoms with Crippen molar-refractivity contribution in [3.63, 3.8) is 0 Å². The molecule has 1 N–H and O–H groups in total. The van der Waals surface area contributed by atoms with Crippen molar-refractivity contribution in [3.05, 3.63) is 48.2 Å². The zero-order valence-electron chi connectivity index (χ0n) is 26.6. The lowest BCUT2D eigenvalue weighted by Gasteiger charge is -2.44. The molecule has 4 fully saturated rings. The fraction of sp³-hybridized carbons (Fsp3) is 0.533. The summed E-state index contributed by atoms with van der Waals surface area (Å²) >= 11 is 1.29. The van der Waals surface area contributed by atoms with Crippen molar-refractivity contribution in [2.75, 3.05) is 21.0 Å². The molecule has 4 aliphatic rings. The van der Waals surface area contributed by atoms with Gasteiger partial charge in [0.2, 0.25) is 24.5 Å². The van der Waals surface area contributed by atoms with E-state index >= 15 is 0 Å². The fourth-order valence-electron chi connectivity index (χ4n) is 6.41. The number of carbonyl (C=O) groups is 6. The lowest BCUT2D eigenvalue weighted by atomic mass is 9.95. The minimum atomic E-state index is -3.83. The smallest absolute Gasteiger partial charge is 0.333 e. The van der Waals surface area contributed by atoms with E-state index in [1.165, 1.54) is 54.8 Å². The standard InChI is InChI=1S/C30H36N4O11S2/c1-29(2)22(27(39)44-15-45-28(40)23-30(3,4)47(41,42)18-14-17(35)33(18)23)34-25(38)20(26(34)46-29)31-24(37)21(16-10-8-7-9-11-16)32(5)13-12-19(36)43-6/h7-13,18,20-23,26H,14-15H2,1-6H3,(H,31,37)/t18-,20-,21?,22+,23+,26-/m1/s1. The van der Waals surface area contributed by atoms with Crippen molar-refractivity contribution in [2.24, 2.45) is 0 Å². The van der Waals surface area contributed by atoms with Crippen LogP contribution in [0, 0.1) is 0 Å². The number of thioether (sulfide) groups is 1. The van der Waals surface area contributed by atoms with Gasteiger partial charge >= 0.3 is 17.9 Å². The molecule has 4 heterocycles. The number of rotatable bonds is 10. The highest BCUT2D eigenvalue weighted by atomic mass is 32.2. The first-order valence-corrected chi connectivity index (χ1v) is 17.1. The van der Waals surface area contributed by atoms with Gasteiger partial charge in [0, 0.05) is 24.1 Å². The molecular weight excluding hydrogens is 656 g/mol. The Balaban J connectivity index is 1.23. The molecule has 47 heavy (non-hydrogen) atoms. The maximum Gasteiger partial charge on any atom is 0.333 e. The summed E-state index contributed by atoms with van der Waals surface area (Å²) in [5, 5.41) is 1.09. The number of β-lactam (4-membered cyclic amide) rings is 2. The van der Waals surface area contributed by atoms with E-state index in [0.717, 1.165) is 4.90 Å². The van der Waals surface area contributed by atoms with Gasteiger partial charge in [-0.25, -0.2) is 22.8 Å². The van der Waals surface area contributed by atoms with Gasteiger partial charge in [-0.05, 0) is 33.3 Å². The molecular formula is C30H36N4O11S2. The summed E-state index contributed by atoms with van der Waals surface area (Å²) < 4.78 is 38.1. The molecule has 0 spiro atoms. The molecule has 6 atom stereocenters. The van der Waals surface area contributed by atoms with Crippen molar-refractivity contribution >= 4 is 57.2 Å². The van der Waals surface area contributed by atoms with Gasteiger partial charge in [0.15, 0.2) is 9.84 Å². The number of amides is 3. The van der Waals surface area contributed by atoms with Crippen LogP contribution in [-0.2, 0) is 52.8 Å².